The molecule has 0 spiro atoms. The first kappa shape index (κ1) is 13.7. The molecular weight excluding hydrogens is 244 g/mol. The summed E-state index contributed by atoms with van der Waals surface area (Å²) >= 11 is 0. The van der Waals surface area contributed by atoms with Crippen molar-refractivity contribution in [3.05, 3.63) is 27.9 Å². The fourth-order valence-electron chi connectivity index (χ4n) is 2.48. The maximum Gasteiger partial charge on any atom is 0.311 e. The van der Waals surface area contributed by atoms with Crippen LogP contribution in [0, 0.1) is 17.0 Å². The molecule has 1 atom stereocenters. The Bertz CT molecular complexity index is 478. The van der Waals surface area contributed by atoms with E-state index in [0.717, 1.165) is 31.6 Å². The Morgan fingerprint density at radius 1 is 1.63 bits per heavy atom. The minimum atomic E-state index is -0.341. The van der Waals surface area contributed by atoms with E-state index >= 15 is 0 Å². The first-order valence-corrected chi connectivity index (χ1v) is 6.59. The van der Waals surface area contributed by atoms with E-state index in [-0.39, 0.29) is 10.6 Å². The maximum absolute atomic E-state index is 11.1. The smallest absolute Gasteiger partial charge is 0.311 e. The molecule has 2 heterocycles. The highest BCUT2D eigenvalue weighted by molar-refractivity contribution is 5.59. The van der Waals surface area contributed by atoms with Crippen LogP contribution in [0.3, 0.4) is 0 Å². The van der Waals surface area contributed by atoms with Crippen LogP contribution in [-0.2, 0) is 0 Å². The van der Waals surface area contributed by atoms with E-state index in [2.05, 4.69) is 23.9 Å². The molecule has 6 nitrogen and oxygen atoms in total. The number of rotatable bonds is 4. The molecule has 1 aromatic heterocycles. The lowest BCUT2D eigenvalue weighted by Crippen LogP contribution is -2.34. The van der Waals surface area contributed by atoms with Crippen LogP contribution in [0.4, 0.5) is 11.5 Å². The van der Waals surface area contributed by atoms with Gasteiger partial charge in [0.25, 0.3) is 0 Å². The molecular formula is C13H20N4O2. The van der Waals surface area contributed by atoms with Crippen molar-refractivity contribution in [1.29, 1.82) is 0 Å². The van der Waals surface area contributed by atoms with E-state index in [1.165, 1.54) is 0 Å². The number of likely N-dealkylation sites (N-methyl/N-ethyl adjacent to an activating group) is 1. The summed E-state index contributed by atoms with van der Waals surface area (Å²) in [6, 6.07) is 2.05. The van der Waals surface area contributed by atoms with Crippen molar-refractivity contribution in [3.8, 4) is 0 Å². The normalized spacial score (nSPS) is 19.2. The number of nitro groups is 1. The second-order valence-electron chi connectivity index (χ2n) is 5.07. The largest absolute Gasteiger partial charge is 0.349 e. The summed E-state index contributed by atoms with van der Waals surface area (Å²) in [6.45, 7) is 6.56. The summed E-state index contributed by atoms with van der Waals surface area (Å²) in [6.07, 6.45) is 2.72. The van der Waals surface area contributed by atoms with Gasteiger partial charge in [0, 0.05) is 31.4 Å². The van der Waals surface area contributed by atoms with E-state index in [0.29, 0.717) is 11.9 Å². The molecule has 104 valence electrons. The fourth-order valence-corrected chi connectivity index (χ4v) is 2.48. The summed E-state index contributed by atoms with van der Waals surface area (Å²) in [5.41, 5.74) is 0.927. The van der Waals surface area contributed by atoms with Crippen molar-refractivity contribution in [3.63, 3.8) is 0 Å². The number of hydrogen-bond donors (Lipinski definition) is 0. The molecule has 0 aliphatic carbocycles. The van der Waals surface area contributed by atoms with Crippen molar-refractivity contribution in [2.45, 2.75) is 26.3 Å². The van der Waals surface area contributed by atoms with E-state index < -0.39 is 0 Å². The first-order valence-electron chi connectivity index (χ1n) is 6.59. The van der Waals surface area contributed by atoms with Crippen LogP contribution in [0.25, 0.3) is 0 Å². The van der Waals surface area contributed by atoms with Crippen LogP contribution in [0.1, 0.15) is 18.9 Å². The van der Waals surface area contributed by atoms with Crippen LogP contribution in [0.2, 0.25) is 0 Å². The molecule has 19 heavy (non-hydrogen) atoms. The standard InChI is InChI=1S/C13H20N4O2/c1-4-15(3)11-5-6-16(9-11)13-12(17(18)19)7-10(2)8-14-13/h7-8,11H,4-6,9H2,1-3H3. The Hall–Kier alpha value is -1.69. The molecule has 0 bridgehead atoms. The molecule has 1 fully saturated rings. The minimum Gasteiger partial charge on any atom is -0.349 e. The molecule has 0 aromatic carbocycles. The van der Waals surface area contributed by atoms with Crippen molar-refractivity contribution in [1.82, 2.24) is 9.88 Å². The van der Waals surface area contributed by atoms with Gasteiger partial charge in [-0.2, -0.15) is 0 Å². The van der Waals surface area contributed by atoms with Gasteiger partial charge in [-0.15, -0.1) is 0 Å². The van der Waals surface area contributed by atoms with Crippen LogP contribution in [-0.4, -0.2) is 47.5 Å². The molecule has 1 aromatic rings. The van der Waals surface area contributed by atoms with Gasteiger partial charge in [0.15, 0.2) is 0 Å². The molecule has 0 radical (unpaired) electrons. The van der Waals surface area contributed by atoms with Gasteiger partial charge in [-0.05, 0) is 32.5 Å². The minimum absolute atomic E-state index is 0.111. The van der Waals surface area contributed by atoms with Crippen LogP contribution in [0.5, 0.6) is 0 Å². The lowest BCUT2D eigenvalue weighted by molar-refractivity contribution is -0.384. The average molecular weight is 264 g/mol. The highest BCUT2D eigenvalue weighted by Gasteiger charge is 2.30. The lowest BCUT2D eigenvalue weighted by atomic mass is 10.2. The van der Waals surface area contributed by atoms with Crippen LogP contribution >= 0.6 is 0 Å². The number of hydrogen-bond acceptors (Lipinski definition) is 5. The third-order valence-corrected chi connectivity index (χ3v) is 3.77. The summed E-state index contributed by atoms with van der Waals surface area (Å²) in [7, 11) is 2.09. The predicted molar refractivity (Wildman–Crippen MR) is 74.6 cm³/mol. The van der Waals surface area contributed by atoms with Crippen LogP contribution < -0.4 is 4.90 Å². The second kappa shape index (κ2) is 5.52. The number of aromatic nitrogens is 1. The number of pyridine rings is 1. The van der Waals surface area contributed by atoms with Crippen molar-refractivity contribution < 1.29 is 4.92 Å². The van der Waals surface area contributed by atoms with Gasteiger partial charge in [-0.3, -0.25) is 10.1 Å². The van der Waals surface area contributed by atoms with Gasteiger partial charge in [-0.1, -0.05) is 6.92 Å². The Balaban J connectivity index is 2.22. The Labute approximate surface area is 113 Å². The topological polar surface area (TPSA) is 62.5 Å². The Morgan fingerprint density at radius 2 is 2.37 bits per heavy atom. The number of nitrogens with zero attached hydrogens (tertiary/aromatic N) is 4. The molecule has 1 unspecified atom stereocenters. The summed E-state index contributed by atoms with van der Waals surface area (Å²) in [4.78, 5) is 19.4. The molecule has 1 aliphatic heterocycles. The number of aryl methyl sites for hydroxylation is 1. The molecule has 6 heteroatoms. The van der Waals surface area contributed by atoms with Crippen molar-refractivity contribution >= 4 is 11.5 Å². The van der Waals surface area contributed by atoms with Gasteiger partial charge >= 0.3 is 5.69 Å². The quantitative estimate of drug-likeness (QED) is 0.613. The number of anilines is 1. The zero-order chi connectivity index (χ0) is 14.0. The van der Waals surface area contributed by atoms with Gasteiger partial charge < -0.3 is 9.80 Å². The summed E-state index contributed by atoms with van der Waals surface area (Å²) in [5.74, 6) is 0.502. The van der Waals surface area contributed by atoms with E-state index in [1.54, 1.807) is 12.3 Å². The SMILES string of the molecule is CCN(C)C1CCN(c2ncc(C)cc2[N+](=O)[O-])C1. The van der Waals surface area contributed by atoms with Crippen molar-refractivity contribution in [2.75, 3.05) is 31.6 Å². The molecule has 0 amide bonds. The van der Waals surface area contributed by atoms with Crippen molar-refractivity contribution in [2.24, 2.45) is 0 Å². The molecule has 0 N–H and O–H groups in total. The highest BCUT2D eigenvalue weighted by atomic mass is 16.6. The van der Waals surface area contributed by atoms with E-state index in [9.17, 15) is 10.1 Å². The van der Waals surface area contributed by atoms with E-state index in [4.69, 9.17) is 0 Å². The van der Waals surface area contributed by atoms with Gasteiger partial charge in [0.1, 0.15) is 0 Å². The second-order valence-corrected chi connectivity index (χ2v) is 5.07. The molecule has 0 saturated carbocycles. The maximum atomic E-state index is 11.1. The third kappa shape index (κ3) is 2.84. The molecule has 1 aliphatic rings. The Kier molecular flexibility index (Phi) is 3.99. The van der Waals surface area contributed by atoms with E-state index in [1.807, 2.05) is 11.8 Å². The molecule has 2 rings (SSSR count). The van der Waals surface area contributed by atoms with Gasteiger partial charge in [0.2, 0.25) is 5.82 Å². The highest BCUT2D eigenvalue weighted by Crippen LogP contribution is 2.29. The fraction of sp³-hybridized carbons (Fsp3) is 0.615. The third-order valence-electron chi connectivity index (χ3n) is 3.77. The van der Waals surface area contributed by atoms with Gasteiger partial charge in [0.05, 0.1) is 4.92 Å². The van der Waals surface area contributed by atoms with Crippen LogP contribution in [0.15, 0.2) is 12.3 Å². The molecule has 1 saturated heterocycles. The predicted octanol–water partition coefficient (Wildman–Crippen LogP) is 1.83. The van der Waals surface area contributed by atoms with Gasteiger partial charge in [-0.25, -0.2) is 4.98 Å². The average Bonchev–Trinajstić information content (AvgIpc) is 2.87. The lowest BCUT2D eigenvalue weighted by Gasteiger charge is -2.23. The Morgan fingerprint density at radius 3 is 3.00 bits per heavy atom. The monoisotopic (exact) mass is 264 g/mol. The summed E-state index contributed by atoms with van der Waals surface area (Å²) < 4.78 is 0. The zero-order valence-corrected chi connectivity index (χ0v) is 11.7. The first-order chi connectivity index (χ1) is 9.02. The summed E-state index contributed by atoms with van der Waals surface area (Å²) in [5, 5.41) is 11.1. The zero-order valence-electron chi connectivity index (χ0n) is 11.7.